The van der Waals surface area contributed by atoms with Gasteiger partial charge in [0.15, 0.2) is 17.3 Å². The van der Waals surface area contributed by atoms with Crippen LogP contribution < -0.4 is 14.2 Å². The maximum absolute atomic E-state index is 5.93. The number of hydrogen-bond acceptors (Lipinski definition) is 11. The van der Waals surface area contributed by atoms with Crippen molar-refractivity contribution in [3.05, 3.63) is 53.3 Å². The van der Waals surface area contributed by atoms with Crippen molar-refractivity contribution in [3.8, 4) is 28.7 Å². The van der Waals surface area contributed by atoms with Crippen LogP contribution in [0.25, 0.3) is 17.2 Å². The number of ether oxygens (including phenoxy) is 3. The number of aryl methyl sites for hydroxylation is 1. The Morgan fingerprint density at radius 1 is 1.09 bits per heavy atom. The molecular formula is C22H24ClN7O4S. The van der Waals surface area contributed by atoms with E-state index in [9.17, 15) is 0 Å². The Balaban J connectivity index is 1.71. The van der Waals surface area contributed by atoms with Gasteiger partial charge < -0.3 is 18.7 Å². The molecule has 3 heterocycles. The van der Waals surface area contributed by atoms with E-state index in [2.05, 4.69) is 30.0 Å². The number of halogens is 1. The number of anilines is 1. The van der Waals surface area contributed by atoms with E-state index in [0.717, 1.165) is 0 Å². The second-order valence-corrected chi connectivity index (χ2v) is 8.98. The van der Waals surface area contributed by atoms with Gasteiger partial charge >= 0.3 is 0 Å². The molecule has 2 unspecified atom stereocenters. The topological polar surface area (TPSA) is 122 Å². The van der Waals surface area contributed by atoms with Crippen molar-refractivity contribution < 1.29 is 18.7 Å². The molecule has 0 aliphatic heterocycles. The maximum Gasteiger partial charge on any atom is 0.239 e. The van der Waals surface area contributed by atoms with Gasteiger partial charge in [0.05, 0.1) is 24.5 Å². The summed E-state index contributed by atoms with van der Waals surface area (Å²) >= 11 is 7.30. The molecule has 0 saturated heterocycles. The van der Waals surface area contributed by atoms with Crippen molar-refractivity contribution in [1.82, 2.24) is 29.9 Å². The number of nitrogens with zero attached hydrogens (tertiary/aromatic N) is 6. The third-order valence-corrected chi connectivity index (χ3v) is 6.17. The summed E-state index contributed by atoms with van der Waals surface area (Å²) in [4.78, 5) is 8.58. The van der Waals surface area contributed by atoms with Crippen molar-refractivity contribution in [1.29, 1.82) is 0 Å². The average Bonchev–Trinajstić information content (AvgIpc) is 3.49. The van der Waals surface area contributed by atoms with Gasteiger partial charge in [0.25, 0.3) is 0 Å². The summed E-state index contributed by atoms with van der Waals surface area (Å²) in [6.07, 6.45) is 2.68. The SMILES string of the molecule is COc1cccc(OC)c1-n1c(NSC(C)C(OC)c2ncc(Cl)cn2)nnc1-c1cc(C)on1. The van der Waals surface area contributed by atoms with E-state index >= 15 is 0 Å². The lowest BCUT2D eigenvalue weighted by Crippen LogP contribution is -2.19. The summed E-state index contributed by atoms with van der Waals surface area (Å²) < 4.78 is 27.2. The Hall–Kier alpha value is -3.35. The lowest BCUT2D eigenvalue weighted by molar-refractivity contribution is 0.0972. The van der Waals surface area contributed by atoms with Crippen LogP contribution in [0, 0.1) is 6.92 Å². The van der Waals surface area contributed by atoms with Crippen LogP contribution in [0.1, 0.15) is 24.6 Å². The zero-order valence-electron chi connectivity index (χ0n) is 19.7. The summed E-state index contributed by atoms with van der Waals surface area (Å²) in [7, 11) is 4.77. The molecule has 4 rings (SSSR count). The quantitative estimate of drug-likeness (QED) is 0.298. The summed E-state index contributed by atoms with van der Waals surface area (Å²) in [6.45, 7) is 3.79. The third kappa shape index (κ3) is 5.19. The Bertz CT molecular complexity index is 1260. The molecule has 0 aliphatic rings. The molecule has 3 aromatic heterocycles. The Kier molecular flexibility index (Phi) is 7.73. The van der Waals surface area contributed by atoms with E-state index in [1.165, 1.54) is 24.3 Å². The zero-order valence-corrected chi connectivity index (χ0v) is 21.3. The Morgan fingerprint density at radius 2 is 1.77 bits per heavy atom. The maximum atomic E-state index is 5.93. The predicted octanol–water partition coefficient (Wildman–Crippen LogP) is 4.53. The second-order valence-electron chi connectivity index (χ2n) is 7.36. The van der Waals surface area contributed by atoms with Gasteiger partial charge in [-0.15, -0.1) is 10.2 Å². The van der Waals surface area contributed by atoms with Crippen molar-refractivity contribution in [2.45, 2.75) is 25.2 Å². The van der Waals surface area contributed by atoms with E-state index in [-0.39, 0.29) is 5.25 Å². The lowest BCUT2D eigenvalue weighted by atomic mass is 10.2. The number of aromatic nitrogens is 6. The second kappa shape index (κ2) is 10.9. The number of nitrogens with one attached hydrogen (secondary N) is 1. The van der Waals surface area contributed by atoms with Crippen LogP contribution in [0.2, 0.25) is 5.02 Å². The smallest absolute Gasteiger partial charge is 0.239 e. The fourth-order valence-electron chi connectivity index (χ4n) is 3.44. The molecule has 0 amide bonds. The number of para-hydroxylation sites is 1. The van der Waals surface area contributed by atoms with Gasteiger partial charge in [0.2, 0.25) is 5.95 Å². The molecule has 1 N–H and O–H groups in total. The fraction of sp³-hybridized carbons (Fsp3) is 0.318. The van der Waals surface area contributed by atoms with E-state index in [1.807, 2.05) is 25.1 Å². The first kappa shape index (κ1) is 24.8. The highest BCUT2D eigenvalue weighted by Crippen LogP contribution is 2.38. The first-order valence-corrected chi connectivity index (χ1v) is 11.7. The lowest BCUT2D eigenvalue weighted by Gasteiger charge is -2.21. The third-order valence-electron chi connectivity index (χ3n) is 5.06. The van der Waals surface area contributed by atoms with Crippen LogP contribution in [0.4, 0.5) is 5.95 Å². The van der Waals surface area contributed by atoms with E-state index in [1.54, 1.807) is 38.9 Å². The summed E-state index contributed by atoms with van der Waals surface area (Å²) in [5.41, 5.74) is 1.12. The van der Waals surface area contributed by atoms with Crippen molar-refractivity contribution in [2.75, 3.05) is 26.1 Å². The first-order valence-electron chi connectivity index (χ1n) is 10.5. The number of methoxy groups -OCH3 is 3. The molecule has 184 valence electrons. The van der Waals surface area contributed by atoms with E-state index in [0.29, 0.717) is 51.3 Å². The first-order chi connectivity index (χ1) is 17.0. The molecule has 0 saturated carbocycles. The largest absolute Gasteiger partial charge is 0.494 e. The normalized spacial score (nSPS) is 12.9. The average molecular weight is 518 g/mol. The minimum Gasteiger partial charge on any atom is -0.494 e. The molecule has 11 nitrogen and oxygen atoms in total. The predicted molar refractivity (Wildman–Crippen MR) is 132 cm³/mol. The Labute approximate surface area is 211 Å². The van der Waals surface area contributed by atoms with Crippen LogP contribution in [0.5, 0.6) is 11.5 Å². The van der Waals surface area contributed by atoms with Gasteiger partial charge in [-0.1, -0.05) is 22.8 Å². The fourth-order valence-corrected chi connectivity index (χ4v) is 4.31. The van der Waals surface area contributed by atoms with Crippen molar-refractivity contribution in [2.24, 2.45) is 0 Å². The van der Waals surface area contributed by atoms with Gasteiger partial charge in [-0.2, -0.15) is 0 Å². The Morgan fingerprint density at radius 3 is 2.34 bits per heavy atom. The molecule has 0 bridgehead atoms. The van der Waals surface area contributed by atoms with Crippen LogP contribution >= 0.6 is 23.5 Å². The summed E-state index contributed by atoms with van der Waals surface area (Å²) in [5.74, 6) is 3.17. The molecule has 0 spiro atoms. The molecule has 1 aromatic carbocycles. The standard InChI is InChI=1S/C22H24ClN7O4S/c1-12-9-15(28-34-12)21-26-27-22(30(21)18-16(31-3)7-6-8-17(18)32-4)29-35-13(2)19(33-5)20-24-10-14(23)11-25-20/h6-11,13,19H,1-5H3,(H,27,29). The van der Waals surface area contributed by atoms with Gasteiger partial charge in [-0.05, 0) is 37.9 Å². The van der Waals surface area contributed by atoms with Crippen LogP contribution in [0.15, 0.2) is 41.2 Å². The highest BCUT2D eigenvalue weighted by Gasteiger charge is 2.27. The van der Waals surface area contributed by atoms with Crippen LogP contribution in [0.3, 0.4) is 0 Å². The number of benzene rings is 1. The minimum atomic E-state index is -0.403. The molecule has 35 heavy (non-hydrogen) atoms. The van der Waals surface area contributed by atoms with Gasteiger partial charge in [0.1, 0.15) is 29.1 Å². The molecule has 13 heteroatoms. The van der Waals surface area contributed by atoms with E-state index in [4.69, 9.17) is 30.3 Å². The molecule has 2 atom stereocenters. The van der Waals surface area contributed by atoms with Gasteiger partial charge in [-0.3, -0.25) is 9.29 Å². The number of hydrogen-bond donors (Lipinski definition) is 1. The summed E-state index contributed by atoms with van der Waals surface area (Å²) in [5, 5.41) is 13.2. The van der Waals surface area contributed by atoms with Gasteiger partial charge in [0, 0.05) is 25.6 Å². The highest BCUT2D eigenvalue weighted by molar-refractivity contribution is 8.01. The minimum absolute atomic E-state index is 0.122. The highest BCUT2D eigenvalue weighted by atomic mass is 35.5. The van der Waals surface area contributed by atoms with Crippen molar-refractivity contribution >= 4 is 29.5 Å². The molecular weight excluding hydrogens is 494 g/mol. The molecule has 0 fully saturated rings. The number of rotatable bonds is 10. The van der Waals surface area contributed by atoms with Gasteiger partial charge in [-0.25, -0.2) is 9.97 Å². The van der Waals surface area contributed by atoms with E-state index < -0.39 is 6.10 Å². The van der Waals surface area contributed by atoms with Crippen LogP contribution in [-0.2, 0) is 4.74 Å². The van der Waals surface area contributed by atoms with Crippen LogP contribution in [-0.4, -0.2) is 56.5 Å². The molecule has 0 radical (unpaired) electrons. The summed E-state index contributed by atoms with van der Waals surface area (Å²) in [6, 6.07) is 7.27. The zero-order chi connectivity index (χ0) is 24.9. The van der Waals surface area contributed by atoms with Crippen molar-refractivity contribution in [3.63, 3.8) is 0 Å². The molecule has 0 aliphatic carbocycles. The monoisotopic (exact) mass is 517 g/mol. The molecule has 4 aromatic rings.